The Hall–Kier alpha value is -2.73. The second kappa shape index (κ2) is 6.53. The Labute approximate surface area is 153 Å². The Kier molecular flexibility index (Phi) is 4.20. The van der Waals surface area contributed by atoms with Crippen molar-refractivity contribution in [3.05, 3.63) is 70.1 Å². The molecule has 0 aliphatic heterocycles. The number of carbonyl (C=O) groups excluding carboxylic acids is 1. The summed E-state index contributed by atoms with van der Waals surface area (Å²) in [5, 5.41) is 12.6. The first-order valence-corrected chi connectivity index (χ1v) is 9.13. The number of carboxylic acids is 1. The van der Waals surface area contributed by atoms with E-state index in [9.17, 15) is 14.0 Å². The zero-order valence-electron chi connectivity index (χ0n) is 13.7. The molecule has 0 bridgehead atoms. The summed E-state index contributed by atoms with van der Waals surface area (Å²) in [5.41, 5.74) is 2.47. The molecule has 4 rings (SSSR count). The van der Waals surface area contributed by atoms with Gasteiger partial charge in [-0.1, -0.05) is 36.4 Å². The van der Waals surface area contributed by atoms with E-state index in [2.05, 4.69) is 5.32 Å². The van der Waals surface area contributed by atoms with Crippen LogP contribution < -0.4 is 5.32 Å². The van der Waals surface area contributed by atoms with E-state index in [0.717, 1.165) is 35.1 Å². The van der Waals surface area contributed by atoms with Gasteiger partial charge in [0.05, 0.1) is 6.04 Å². The molecule has 0 saturated heterocycles. The third kappa shape index (κ3) is 2.97. The van der Waals surface area contributed by atoms with Crippen LogP contribution in [0.25, 0.3) is 10.1 Å². The second-order valence-electron chi connectivity index (χ2n) is 6.37. The second-order valence-corrected chi connectivity index (χ2v) is 7.46. The smallest absolute Gasteiger partial charge is 0.345 e. The van der Waals surface area contributed by atoms with E-state index < -0.39 is 18.0 Å². The Morgan fingerprint density at radius 3 is 2.81 bits per heavy atom. The minimum atomic E-state index is -1.79. The summed E-state index contributed by atoms with van der Waals surface area (Å²) in [6.07, 6.45) is -0.150. The average molecular weight is 369 g/mol. The summed E-state index contributed by atoms with van der Waals surface area (Å²) < 4.78 is 15.4. The highest BCUT2D eigenvalue weighted by Crippen LogP contribution is 2.33. The van der Waals surface area contributed by atoms with Crippen molar-refractivity contribution >= 4 is 33.3 Å². The van der Waals surface area contributed by atoms with Crippen molar-refractivity contribution in [1.29, 1.82) is 0 Å². The molecule has 4 nitrogen and oxygen atoms in total. The molecule has 0 fully saturated rings. The van der Waals surface area contributed by atoms with Gasteiger partial charge in [0.25, 0.3) is 5.91 Å². The van der Waals surface area contributed by atoms with Gasteiger partial charge in [0.2, 0.25) is 6.17 Å². The van der Waals surface area contributed by atoms with E-state index in [0.29, 0.717) is 4.70 Å². The van der Waals surface area contributed by atoms with Gasteiger partial charge in [0.15, 0.2) is 0 Å². The normalized spacial score (nSPS) is 17.0. The number of hydrogen-bond donors (Lipinski definition) is 2. The molecule has 0 spiro atoms. The minimum absolute atomic E-state index is 0.166. The van der Waals surface area contributed by atoms with Crippen LogP contribution in [0.1, 0.15) is 45.0 Å². The molecule has 26 heavy (non-hydrogen) atoms. The predicted octanol–water partition coefficient (Wildman–Crippen LogP) is 4.41. The van der Waals surface area contributed by atoms with Crippen molar-refractivity contribution < 1.29 is 19.1 Å². The summed E-state index contributed by atoms with van der Waals surface area (Å²) in [7, 11) is 0. The van der Waals surface area contributed by atoms with Gasteiger partial charge in [0, 0.05) is 4.70 Å². The zero-order valence-corrected chi connectivity index (χ0v) is 14.6. The van der Waals surface area contributed by atoms with Crippen LogP contribution >= 0.6 is 11.3 Å². The van der Waals surface area contributed by atoms with Gasteiger partial charge in [0.1, 0.15) is 4.88 Å². The molecular weight excluding hydrogens is 353 g/mol. The summed E-state index contributed by atoms with van der Waals surface area (Å²) in [6.45, 7) is 0. The van der Waals surface area contributed by atoms with Crippen LogP contribution in [0, 0.1) is 0 Å². The topological polar surface area (TPSA) is 66.4 Å². The minimum Gasteiger partial charge on any atom is -0.477 e. The quantitative estimate of drug-likeness (QED) is 0.716. The number of aromatic carboxylic acids is 1. The summed E-state index contributed by atoms with van der Waals surface area (Å²) in [5.74, 6) is -1.68. The molecule has 0 radical (unpaired) electrons. The maximum Gasteiger partial charge on any atom is 0.345 e. The fourth-order valence-corrected chi connectivity index (χ4v) is 4.36. The van der Waals surface area contributed by atoms with E-state index in [-0.39, 0.29) is 16.5 Å². The number of carboxylic acid groups (broad SMARTS) is 1. The number of hydrogen-bond acceptors (Lipinski definition) is 3. The van der Waals surface area contributed by atoms with E-state index in [1.165, 1.54) is 11.6 Å². The number of thiophene rings is 1. The molecule has 1 aliphatic carbocycles. The number of aryl methyl sites for hydroxylation is 1. The summed E-state index contributed by atoms with van der Waals surface area (Å²) in [4.78, 5) is 23.6. The lowest BCUT2D eigenvalue weighted by Crippen LogP contribution is -2.30. The number of carbonyl (C=O) groups is 2. The van der Waals surface area contributed by atoms with Crippen LogP contribution in [0.2, 0.25) is 0 Å². The number of fused-ring (bicyclic) bond motifs is 2. The molecule has 1 amide bonds. The fourth-order valence-electron chi connectivity index (χ4n) is 3.41. The van der Waals surface area contributed by atoms with Gasteiger partial charge in [-0.05, 0) is 47.1 Å². The van der Waals surface area contributed by atoms with Crippen molar-refractivity contribution in [2.75, 3.05) is 0 Å². The van der Waals surface area contributed by atoms with Crippen molar-refractivity contribution in [2.24, 2.45) is 0 Å². The van der Waals surface area contributed by atoms with Gasteiger partial charge < -0.3 is 10.4 Å². The highest BCUT2D eigenvalue weighted by Gasteiger charge is 2.27. The lowest BCUT2D eigenvalue weighted by atomic mass is 10.1. The van der Waals surface area contributed by atoms with Gasteiger partial charge >= 0.3 is 5.97 Å². The molecule has 2 aromatic carbocycles. The third-order valence-electron chi connectivity index (χ3n) is 4.73. The van der Waals surface area contributed by atoms with E-state index in [1.807, 2.05) is 24.3 Å². The maximum absolute atomic E-state index is 14.7. The van der Waals surface area contributed by atoms with Crippen LogP contribution in [0.5, 0.6) is 0 Å². The van der Waals surface area contributed by atoms with Gasteiger partial charge in [-0.15, -0.1) is 11.3 Å². The molecule has 0 saturated carbocycles. The van der Waals surface area contributed by atoms with Crippen LogP contribution in [-0.2, 0) is 11.2 Å². The van der Waals surface area contributed by atoms with Crippen molar-refractivity contribution in [1.82, 2.24) is 5.32 Å². The summed E-state index contributed by atoms with van der Waals surface area (Å²) >= 11 is 1.07. The Morgan fingerprint density at radius 1 is 1.19 bits per heavy atom. The average Bonchev–Trinajstić information content (AvgIpc) is 3.25. The molecule has 3 aromatic rings. The number of benzene rings is 2. The zero-order chi connectivity index (χ0) is 18.3. The van der Waals surface area contributed by atoms with Gasteiger partial charge in [-0.3, -0.25) is 4.79 Å². The Bertz CT molecular complexity index is 1010. The molecular formula is C20H16FNO3S. The molecule has 1 aromatic heterocycles. The summed E-state index contributed by atoms with van der Waals surface area (Å²) in [6, 6.07) is 14.0. The van der Waals surface area contributed by atoms with Crippen LogP contribution in [0.15, 0.2) is 48.5 Å². The lowest BCUT2D eigenvalue weighted by molar-refractivity contribution is -0.127. The van der Waals surface area contributed by atoms with Crippen LogP contribution in [0.3, 0.4) is 0 Å². The first-order valence-electron chi connectivity index (χ1n) is 8.32. The van der Waals surface area contributed by atoms with E-state index >= 15 is 0 Å². The van der Waals surface area contributed by atoms with Crippen molar-refractivity contribution in [3.63, 3.8) is 0 Å². The molecule has 1 aliphatic rings. The SMILES string of the molecule is O=C(O)c1cc2ccc(C(F)C(=O)N[C@H]3CCc4ccccc43)cc2s1. The van der Waals surface area contributed by atoms with Crippen molar-refractivity contribution in [2.45, 2.75) is 25.1 Å². The molecule has 2 atom stereocenters. The maximum atomic E-state index is 14.7. The molecule has 1 heterocycles. The molecule has 1 unspecified atom stereocenters. The standard InChI is InChI=1S/C20H16FNO3S/c21-18(13-6-5-12-9-17(20(24)25)26-16(12)10-13)19(23)22-15-8-7-11-3-1-2-4-14(11)15/h1-6,9-10,15,18H,7-8H2,(H,22,23)(H,24,25)/t15-,18?/m0/s1. The Balaban J connectivity index is 1.53. The third-order valence-corrected chi connectivity index (χ3v) is 5.81. The first-order chi connectivity index (χ1) is 12.5. The van der Waals surface area contributed by atoms with Crippen LogP contribution in [-0.4, -0.2) is 17.0 Å². The number of amides is 1. The monoisotopic (exact) mass is 369 g/mol. The van der Waals surface area contributed by atoms with E-state index in [4.69, 9.17) is 5.11 Å². The fraction of sp³-hybridized carbons (Fsp3) is 0.200. The van der Waals surface area contributed by atoms with Gasteiger partial charge in [-0.25, -0.2) is 9.18 Å². The predicted molar refractivity (Wildman–Crippen MR) is 98.3 cm³/mol. The molecule has 2 N–H and O–H groups in total. The number of rotatable bonds is 4. The highest BCUT2D eigenvalue weighted by molar-refractivity contribution is 7.20. The number of nitrogens with one attached hydrogen (secondary N) is 1. The number of alkyl halides is 1. The lowest BCUT2D eigenvalue weighted by Gasteiger charge is -2.16. The first kappa shape index (κ1) is 16.7. The highest BCUT2D eigenvalue weighted by atomic mass is 32.1. The molecule has 6 heteroatoms. The molecule has 132 valence electrons. The Morgan fingerprint density at radius 2 is 2.00 bits per heavy atom. The largest absolute Gasteiger partial charge is 0.477 e. The van der Waals surface area contributed by atoms with Crippen LogP contribution in [0.4, 0.5) is 4.39 Å². The van der Waals surface area contributed by atoms with Gasteiger partial charge in [-0.2, -0.15) is 0 Å². The van der Waals surface area contributed by atoms with E-state index in [1.54, 1.807) is 18.2 Å². The number of halogens is 1. The van der Waals surface area contributed by atoms with Crippen molar-refractivity contribution in [3.8, 4) is 0 Å².